The molecule has 10 aliphatic rings. The van der Waals surface area contributed by atoms with Gasteiger partial charge in [0, 0.05) is 23.9 Å². The van der Waals surface area contributed by atoms with Crippen LogP contribution in [0.3, 0.4) is 0 Å². The smallest absolute Gasteiger partial charge is 0.184 e. The molecule has 0 N–H and O–H groups in total. The van der Waals surface area contributed by atoms with Crippen molar-refractivity contribution in [3.05, 3.63) is 24.3 Å². The second-order valence-corrected chi connectivity index (χ2v) is 43.1. The molecule has 0 unspecified atom stereocenters. The van der Waals surface area contributed by atoms with Crippen molar-refractivity contribution in [2.45, 2.75) is 257 Å². The summed E-state index contributed by atoms with van der Waals surface area (Å²) in [5.74, 6) is 7.22. The number of Topliss-reactive ketones (excluding diaryl/α,β-unsaturated/α-hetero) is 1. The average molecular weight is 1110 g/mol. The predicted molar refractivity (Wildman–Crippen MR) is 323 cm³/mol. The maximum atomic E-state index is 12.9. The lowest BCUT2D eigenvalue weighted by atomic mass is 9.32. The van der Waals surface area contributed by atoms with E-state index in [2.05, 4.69) is 136 Å². The number of carbonyl (C=O) groups is 2. The van der Waals surface area contributed by atoms with E-state index < -0.39 is 16.6 Å². The number of rotatable bonds is 8. The molecule has 10 saturated carbocycles. The van der Waals surface area contributed by atoms with Crippen molar-refractivity contribution in [1.82, 2.24) is 0 Å². The lowest BCUT2D eigenvalue weighted by Crippen LogP contribution is -2.67. The Hall–Kier alpha value is -0.246. The molecule has 0 amide bonds. The summed E-state index contributed by atoms with van der Waals surface area (Å²) in [5.41, 5.74) is 5.25. The van der Waals surface area contributed by atoms with Crippen LogP contribution in [0.2, 0.25) is 39.3 Å². The van der Waals surface area contributed by atoms with Crippen LogP contribution in [0, 0.1) is 113 Å². The van der Waals surface area contributed by atoms with Gasteiger partial charge in [0.2, 0.25) is 0 Å². The number of alkyl halides is 2. The first-order chi connectivity index (χ1) is 34.5. The van der Waals surface area contributed by atoms with E-state index >= 15 is 0 Å². The first-order valence-corrected chi connectivity index (χ1v) is 39.1. The van der Waals surface area contributed by atoms with Crippen molar-refractivity contribution in [2.75, 3.05) is 11.9 Å². The number of carbonyl (C=O) groups excluding carboxylic acids is 2. The molecule has 75 heavy (non-hydrogen) atoms. The minimum Gasteiger partial charge on any atom is -0.417 e. The van der Waals surface area contributed by atoms with Crippen molar-refractivity contribution in [2.24, 2.45) is 113 Å². The third-order valence-electron chi connectivity index (χ3n) is 27.6. The number of allylic oxidation sites excluding steroid dienone is 2. The van der Waals surface area contributed by atoms with Crippen LogP contribution in [0.1, 0.15) is 212 Å². The van der Waals surface area contributed by atoms with Crippen LogP contribution in [0.15, 0.2) is 24.3 Å². The Kier molecular flexibility index (Phi) is 16.4. The van der Waals surface area contributed by atoms with Gasteiger partial charge >= 0.3 is 0 Å². The SMILES string of the molecule is C=C(C)[C@@H]1CC[C@]2(C=O)CC[C@]3(C)[C@H](CC[C@@H]4[C@@]5(C)CCC(=O)C(C)(C)[C@@H]5CC[C@]43C)[C@@H]12.C=C(C)[C@@H]1CC[C@]2(CO[Si](C)(C)C)CC[C@]3(C)[C@H](CC[C@@H]4[C@@]5(C)CC[C@H](O[Si](C)(C)C)C(C)(C)[C@@H]5CC[C@]43C)[C@@H]12.ClCCl. The quantitative estimate of drug-likeness (QED) is 0.105. The Bertz CT molecular complexity index is 2180. The Balaban J connectivity index is 0.000000193. The number of hydrogen-bond donors (Lipinski definition) is 0. The molecule has 0 aromatic heterocycles. The predicted octanol–water partition coefficient (Wildman–Crippen LogP) is 19.5. The summed E-state index contributed by atoms with van der Waals surface area (Å²) < 4.78 is 13.7. The van der Waals surface area contributed by atoms with Gasteiger partial charge in [0.1, 0.15) is 12.1 Å². The highest BCUT2D eigenvalue weighted by Gasteiger charge is 2.73. The minimum atomic E-state index is -1.57. The number of fused-ring (bicyclic) bond motifs is 14. The summed E-state index contributed by atoms with van der Waals surface area (Å²) in [5, 5.41) is 0.194. The van der Waals surface area contributed by atoms with Crippen LogP contribution in [-0.4, -0.2) is 46.8 Å². The van der Waals surface area contributed by atoms with Crippen LogP contribution >= 0.6 is 23.2 Å². The van der Waals surface area contributed by atoms with Crippen molar-refractivity contribution < 1.29 is 18.4 Å². The fraction of sp³-hybridized carbons (Fsp3) is 0.910. The maximum Gasteiger partial charge on any atom is 0.184 e. The number of aldehydes is 1. The van der Waals surface area contributed by atoms with E-state index in [-0.39, 0.29) is 32.4 Å². The van der Waals surface area contributed by atoms with E-state index in [9.17, 15) is 9.59 Å². The van der Waals surface area contributed by atoms with Crippen molar-refractivity contribution in [3.8, 4) is 0 Å². The monoisotopic (exact) mass is 1110 g/mol. The zero-order valence-electron chi connectivity index (χ0n) is 51.8. The van der Waals surface area contributed by atoms with Crippen LogP contribution in [0.5, 0.6) is 0 Å². The molecule has 0 aromatic carbocycles. The molecular weight excluding hydrogens is 996 g/mol. The summed E-state index contributed by atoms with van der Waals surface area (Å²) in [6.07, 6.45) is 26.9. The van der Waals surface area contributed by atoms with Gasteiger partial charge in [0.25, 0.3) is 0 Å². The minimum absolute atomic E-state index is 0.0999. The van der Waals surface area contributed by atoms with Gasteiger partial charge in [0.15, 0.2) is 16.6 Å². The highest BCUT2D eigenvalue weighted by Crippen LogP contribution is 2.79. The van der Waals surface area contributed by atoms with E-state index in [4.69, 9.17) is 32.1 Å². The van der Waals surface area contributed by atoms with Gasteiger partial charge in [-0.3, -0.25) is 4.79 Å². The molecule has 0 aliphatic heterocycles. The van der Waals surface area contributed by atoms with Gasteiger partial charge < -0.3 is 13.6 Å². The van der Waals surface area contributed by atoms with E-state index in [1.807, 2.05) is 0 Å². The van der Waals surface area contributed by atoms with Crippen LogP contribution in [-0.2, 0) is 18.4 Å². The molecule has 10 aliphatic carbocycles. The van der Waals surface area contributed by atoms with E-state index in [0.29, 0.717) is 74.5 Å². The molecule has 8 heteroatoms. The third kappa shape index (κ3) is 9.42. The Morgan fingerprint density at radius 3 is 1.57 bits per heavy atom. The van der Waals surface area contributed by atoms with E-state index in [1.54, 1.807) is 0 Å². The van der Waals surface area contributed by atoms with E-state index in [1.165, 1.54) is 114 Å². The molecule has 10 fully saturated rings. The molecule has 428 valence electrons. The largest absolute Gasteiger partial charge is 0.417 e. The fourth-order valence-corrected chi connectivity index (χ4v) is 25.7. The number of ketones is 1. The van der Waals surface area contributed by atoms with Gasteiger partial charge in [0.05, 0.1) is 11.4 Å². The molecular formula is C67H114Cl2O4Si2. The second kappa shape index (κ2) is 20.3. The molecule has 4 nitrogen and oxygen atoms in total. The lowest BCUT2D eigenvalue weighted by Gasteiger charge is -2.73. The van der Waals surface area contributed by atoms with Crippen LogP contribution < -0.4 is 0 Å². The van der Waals surface area contributed by atoms with E-state index in [0.717, 1.165) is 62.4 Å². The van der Waals surface area contributed by atoms with Crippen molar-refractivity contribution >= 4 is 51.9 Å². The Labute approximate surface area is 474 Å². The fourth-order valence-electron chi connectivity index (χ4n) is 23.7. The van der Waals surface area contributed by atoms with Crippen LogP contribution in [0.25, 0.3) is 0 Å². The first-order valence-electron chi connectivity index (χ1n) is 31.2. The average Bonchev–Trinajstić information content (AvgIpc) is 3.89. The molecule has 0 bridgehead atoms. The summed E-state index contributed by atoms with van der Waals surface area (Å²) in [4.78, 5) is 25.4. The third-order valence-corrected chi connectivity index (χ3v) is 29.6. The zero-order chi connectivity index (χ0) is 55.8. The topological polar surface area (TPSA) is 52.6 Å². The molecule has 0 heterocycles. The van der Waals surface area contributed by atoms with Crippen molar-refractivity contribution in [3.63, 3.8) is 0 Å². The van der Waals surface area contributed by atoms with Crippen LogP contribution in [0.4, 0.5) is 0 Å². The number of halogens is 2. The molecule has 0 radical (unpaired) electrons. The summed E-state index contributed by atoms with van der Waals surface area (Å²) in [6.45, 7) is 54.6. The maximum absolute atomic E-state index is 12.9. The standard InChI is InChI=1S/C36H66O2Si2.C30H46O2.CH2Cl2/c1-25(2)26-16-21-36(24-37-39(8,9)10)23-22-34(6)27(31(26)36)14-15-29-33(5)19-18-30(38-40(11,12)13)32(3,4)28(33)17-20-35(29,34)7;1-19(2)20-10-15-30(18-31)17-16-28(6)21(25(20)30)8-9-23-27(5)13-12-24(32)26(3,4)22(27)11-14-29(23,28)7;2-1-3/h26-31H,1,14-24H2,2-13H3;18,20-23,25H,1,8-17H2,2-7H3;1H2/t26-,27+,28-,29+,30-,31+,33-,34+,35+,36+;20-,21+,22-,23+,25+,27-,28+,29+,30+;/m00./s1. The first kappa shape index (κ1) is 60.8. The highest BCUT2D eigenvalue weighted by atomic mass is 35.5. The molecule has 0 saturated heterocycles. The summed E-state index contributed by atoms with van der Waals surface area (Å²) >= 11 is 9.53. The van der Waals surface area contributed by atoms with Gasteiger partial charge in [-0.2, -0.15) is 0 Å². The van der Waals surface area contributed by atoms with Gasteiger partial charge in [-0.15, -0.1) is 23.2 Å². The summed E-state index contributed by atoms with van der Waals surface area (Å²) in [6, 6.07) is 0. The normalized spacial score (nSPS) is 49.2. The zero-order valence-corrected chi connectivity index (χ0v) is 55.3. The summed E-state index contributed by atoms with van der Waals surface area (Å²) in [7, 11) is -3.12. The molecule has 0 spiro atoms. The second-order valence-electron chi connectivity index (χ2n) is 33.3. The Morgan fingerprint density at radius 1 is 0.560 bits per heavy atom. The van der Waals surface area contributed by atoms with Gasteiger partial charge in [-0.1, -0.05) is 93.5 Å². The molecule has 19 atom stereocenters. The highest BCUT2D eigenvalue weighted by molar-refractivity contribution is 6.70. The number of hydrogen-bond acceptors (Lipinski definition) is 4. The molecule has 0 aromatic rings. The Morgan fingerprint density at radius 2 is 1.05 bits per heavy atom. The van der Waals surface area contributed by atoms with Crippen molar-refractivity contribution in [1.29, 1.82) is 0 Å². The lowest BCUT2D eigenvalue weighted by molar-refractivity contribution is -0.247. The molecule has 10 rings (SSSR count). The van der Waals surface area contributed by atoms with Gasteiger partial charge in [-0.05, 0) is 278 Å². The van der Waals surface area contributed by atoms with Gasteiger partial charge in [-0.25, -0.2) is 0 Å².